The first kappa shape index (κ1) is 19.1. The van der Waals surface area contributed by atoms with Crippen LogP contribution < -0.4 is 19.5 Å². The molecule has 0 aliphatic rings. The van der Waals surface area contributed by atoms with Crippen molar-refractivity contribution in [3.05, 3.63) is 48.0 Å². The number of carbonyl (C=O) groups excluding carboxylic acids is 1. The van der Waals surface area contributed by atoms with Gasteiger partial charge in [0.1, 0.15) is 17.2 Å². The van der Waals surface area contributed by atoms with Gasteiger partial charge in [-0.3, -0.25) is 4.79 Å². The predicted molar refractivity (Wildman–Crippen MR) is 98.7 cm³/mol. The Morgan fingerprint density at radius 1 is 1.00 bits per heavy atom. The molecule has 0 heterocycles. The van der Waals surface area contributed by atoms with E-state index >= 15 is 0 Å². The topological polar surface area (TPSA) is 80.6 Å². The zero-order chi connectivity index (χ0) is 18.8. The van der Waals surface area contributed by atoms with Crippen LogP contribution in [0, 0.1) is 11.3 Å². The number of anilines is 1. The number of ether oxygens (including phenoxy) is 3. The highest BCUT2D eigenvalue weighted by atomic mass is 16.5. The maximum atomic E-state index is 12.2. The van der Waals surface area contributed by atoms with Crippen molar-refractivity contribution in [3.8, 4) is 23.3 Å². The average Bonchev–Trinajstić information content (AvgIpc) is 2.64. The molecule has 6 heteroatoms. The zero-order valence-electron chi connectivity index (χ0n) is 15.0. The normalized spacial score (nSPS) is 9.88. The van der Waals surface area contributed by atoms with Gasteiger partial charge in [0.25, 0.3) is 5.91 Å². The summed E-state index contributed by atoms with van der Waals surface area (Å²) in [6.45, 7) is 4.66. The number of nitrogens with zero attached hydrogens (tertiary/aromatic N) is 1. The molecule has 0 atom stereocenters. The lowest BCUT2D eigenvalue weighted by Gasteiger charge is -2.14. The zero-order valence-corrected chi connectivity index (χ0v) is 15.0. The van der Waals surface area contributed by atoms with Crippen molar-refractivity contribution < 1.29 is 19.0 Å². The summed E-state index contributed by atoms with van der Waals surface area (Å²) >= 11 is 0. The van der Waals surface area contributed by atoms with Gasteiger partial charge in [-0.25, -0.2) is 0 Å². The average molecular weight is 354 g/mol. The van der Waals surface area contributed by atoms with Crippen molar-refractivity contribution in [2.45, 2.75) is 20.3 Å². The summed E-state index contributed by atoms with van der Waals surface area (Å²) in [5, 5.41) is 11.4. The van der Waals surface area contributed by atoms with E-state index in [0.29, 0.717) is 42.6 Å². The van der Waals surface area contributed by atoms with Gasteiger partial charge in [-0.15, -0.1) is 0 Å². The van der Waals surface area contributed by atoms with E-state index in [1.54, 1.807) is 42.5 Å². The summed E-state index contributed by atoms with van der Waals surface area (Å²) < 4.78 is 16.5. The number of carbonyl (C=O) groups is 1. The molecular formula is C20H22N2O4. The molecular weight excluding hydrogens is 332 g/mol. The second-order valence-corrected chi connectivity index (χ2v) is 5.34. The van der Waals surface area contributed by atoms with Gasteiger partial charge in [0.15, 0.2) is 6.61 Å². The van der Waals surface area contributed by atoms with Gasteiger partial charge < -0.3 is 19.5 Å². The number of hydrogen-bond acceptors (Lipinski definition) is 5. The molecule has 0 aliphatic carbocycles. The van der Waals surface area contributed by atoms with Crippen molar-refractivity contribution in [3.63, 3.8) is 0 Å². The van der Waals surface area contributed by atoms with E-state index in [4.69, 9.17) is 19.5 Å². The Morgan fingerprint density at radius 3 is 2.35 bits per heavy atom. The second-order valence-electron chi connectivity index (χ2n) is 5.34. The summed E-state index contributed by atoms with van der Waals surface area (Å²) in [4.78, 5) is 12.2. The van der Waals surface area contributed by atoms with Crippen molar-refractivity contribution in [1.29, 1.82) is 5.26 Å². The molecule has 0 unspecified atom stereocenters. The molecule has 2 rings (SSSR count). The maximum absolute atomic E-state index is 12.2. The molecule has 0 saturated heterocycles. The number of benzene rings is 2. The summed E-state index contributed by atoms with van der Waals surface area (Å²) in [6.07, 6.45) is 0.344. The summed E-state index contributed by atoms with van der Waals surface area (Å²) in [5.74, 6) is 1.49. The van der Waals surface area contributed by atoms with E-state index in [1.807, 2.05) is 13.8 Å². The Labute approximate surface area is 153 Å². The van der Waals surface area contributed by atoms with Crippen LogP contribution >= 0.6 is 0 Å². The van der Waals surface area contributed by atoms with Crippen LogP contribution in [0.15, 0.2) is 42.5 Å². The van der Waals surface area contributed by atoms with Gasteiger partial charge in [0.05, 0.1) is 31.4 Å². The predicted octanol–water partition coefficient (Wildman–Crippen LogP) is 3.57. The van der Waals surface area contributed by atoms with E-state index in [1.165, 1.54) is 0 Å². The summed E-state index contributed by atoms with van der Waals surface area (Å²) in [5.41, 5.74) is 1.44. The highest BCUT2D eigenvalue weighted by molar-refractivity contribution is 5.93. The van der Waals surface area contributed by atoms with E-state index in [9.17, 15) is 4.79 Å². The third kappa shape index (κ3) is 5.71. The first-order valence-electron chi connectivity index (χ1n) is 8.44. The van der Waals surface area contributed by atoms with Crippen LogP contribution in [0.2, 0.25) is 0 Å². The molecule has 136 valence electrons. The van der Waals surface area contributed by atoms with Crippen LogP contribution in [0.5, 0.6) is 17.2 Å². The van der Waals surface area contributed by atoms with Crippen molar-refractivity contribution in [2.24, 2.45) is 0 Å². The fraction of sp³-hybridized carbons (Fsp3) is 0.300. The minimum absolute atomic E-state index is 0.137. The number of nitriles is 1. The number of amides is 1. The Hall–Kier alpha value is -3.20. The first-order chi connectivity index (χ1) is 12.7. The molecule has 2 aromatic rings. The van der Waals surface area contributed by atoms with E-state index in [2.05, 4.69) is 11.4 Å². The van der Waals surface area contributed by atoms with Gasteiger partial charge in [0, 0.05) is 6.07 Å². The molecule has 0 aromatic heterocycles. The fourth-order valence-corrected chi connectivity index (χ4v) is 2.27. The summed E-state index contributed by atoms with van der Waals surface area (Å²) in [7, 11) is 0. The molecule has 0 aliphatic heterocycles. The molecule has 0 saturated carbocycles. The number of hydrogen-bond donors (Lipinski definition) is 1. The van der Waals surface area contributed by atoms with Gasteiger partial charge in [0.2, 0.25) is 0 Å². The van der Waals surface area contributed by atoms with Crippen molar-refractivity contribution in [2.75, 3.05) is 25.1 Å². The van der Waals surface area contributed by atoms with Crippen LogP contribution in [0.3, 0.4) is 0 Å². The van der Waals surface area contributed by atoms with E-state index < -0.39 is 0 Å². The second kappa shape index (κ2) is 9.94. The molecule has 1 amide bonds. The van der Waals surface area contributed by atoms with E-state index in [0.717, 1.165) is 5.56 Å². The monoisotopic (exact) mass is 354 g/mol. The largest absolute Gasteiger partial charge is 0.494 e. The lowest BCUT2D eigenvalue weighted by Crippen LogP contribution is -2.20. The third-order valence-electron chi connectivity index (χ3n) is 3.41. The Bertz CT molecular complexity index is 766. The lowest BCUT2D eigenvalue weighted by atomic mass is 10.2. The van der Waals surface area contributed by atoms with Crippen molar-refractivity contribution >= 4 is 11.6 Å². The van der Waals surface area contributed by atoms with Gasteiger partial charge in [-0.1, -0.05) is 12.1 Å². The molecule has 0 bridgehead atoms. The molecule has 2 aromatic carbocycles. The quantitative estimate of drug-likeness (QED) is 0.744. The van der Waals surface area contributed by atoms with E-state index in [-0.39, 0.29) is 12.5 Å². The maximum Gasteiger partial charge on any atom is 0.262 e. The van der Waals surface area contributed by atoms with Crippen LogP contribution in [0.25, 0.3) is 0 Å². The highest BCUT2D eigenvalue weighted by Crippen LogP contribution is 2.29. The SMILES string of the molecule is CCOc1ccc(OCC)c(NC(=O)COc2ccc(CC#N)cc2)c1. The molecule has 6 nitrogen and oxygen atoms in total. The molecule has 1 N–H and O–H groups in total. The Kier molecular flexibility index (Phi) is 7.31. The minimum Gasteiger partial charge on any atom is -0.494 e. The van der Waals surface area contributed by atoms with Gasteiger partial charge >= 0.3 is 0 Å². The first-order valence-corrected chi connectivity index (χ1v) is 8.44. The summed E-state index contributed by atoms with van der Waals surface area (Å²) in [6, 6.07) is 14.4. The standard InChI is InChI=1S/C20H22N2O4/c1-3-24-17-9-10-19(25-4-2)18(13-17)22-20(23)14-26-16-7-5-15(6-8-16)11-12-21/h5-10,13H,3-4,11,14H2,1-2H3,(H,22,23). The minimum atomic E-state index is -0.305. The fourth-order valence-electron chi connectivity index (χ4n) is 2.27. The smallest absolute Gasteiger partial charge is 0.262 e. The Morgan fingerprint density at radius 2 is 1.69 bits per heavy atom. The van der Waals surface area contributed by atoms with Crippen LogP contribution in [0.4, 0.5) is 5.69 Å². The third-order valence-corrected chi connectivity index (χ3v) is 3.41. The highest BCUT2D eigenvalue weighted by Gasteiger charge is 2.10. The molecule has 0 radical (unpaired) electrons. The molecule has 0 fully saturated rings. The van der Waals surface area contributed by atoms with Crippen LogP contribution in [-0.4, -0.2) is 25.7 Å². The van der Waals surface area contributed by atoms with Crippen LogP contribution in [0.1, 0.15) is 19.4 Å². The Balaban J connectivity index is 1.97. The number of rotatable bonds is 9. The van der Waals surface area contributed by atoms with Gasteiger partial charge in [-0.2, -0.15) is 5.26 Å². The van der Waals surface area contributed by atoms with Gasteiger partial charge in [-0.05, 0) is 43.7 Å². The van der Waals surface area contributed by atoms with Crippen molar-refractivity contribution in [1.82, 2.24) is 0 Å². The molecule has 0 spiro atoms. The number of nitrogens with one attached hydrogen (secondary N) is 1. The molecule has 26 heavy (non-hydrogen) atoms. The van der Waals surface area contributed by atoms with Crippen LogP contribution in [-0.2, 0) is 11.2 Å². The lowest BCUT2D eigenvalue weighted by molar-refractivity contribution is -0.118.